The fraction of sp³-hybridized carbons (Fsp3) is 1.00. The van der Waals surface area contributed by atoms with E-state index in [0.717, 1.165) is 19.6 Å². The number of thiol groups is 2. The first kappa shape index (κ1) is 15.6. The third-order valence-corrected chi connectivity index (χ3v) is 2.21. The van der Waals surface area contributed by atoms with E-state index in [9.17, 15) is 0 Å². The van der Waals surface area contributed by atoms with Crippen LogP contribution in [-0.4, -0.2) is 35.2 Å². The van der Waals surface area contributed by atoms with Crippen molar-refractivity contribution >= 4 is 25.3 Å². The summed E-state index contributed by atoms with van der Waals surface area (Å²) in [5.74, 6) is 0. The summed E-state index contributed by atoms with van der Waals surface area (Å²) in [6, 6.07) is 0.465. The Balaban J connectivity index is 3.54. The SMILES string of the molecule is CC(CNCC(C)(C)S)NCC(C)(C)S. The van der Waals surface area contributed by atoms with Crippen molar-refractivity contribution in [2.75, 3.05) is 19.6 Å². The van der Waals surface area contributed by atoms with Crippen LogP contribution in [0.1, 0.15) is 34.6 Å². The van der Waals surface area contributed by atoms with Crippen LogP contribution in [0, 0.1) is 0 Å². The Morgan fingerprint density at radius 2 is 1.47 bits per heavy atom. The summed E-state index contributed by atoms with van der Waals surface area (Å²) in [4.78, 5) is 0. The molecule has 2 nitrogen and oxygen atoms in total. The summed E-state index contributed by atoms with van der Waals surface area (Å²) in [6.45, 7) is 13.4. The molecule has 0 bridgehead atoms. The van der Waals surface area contributed by atoms with Crippen LogP contribution < -0.4 is 10.6 Å². The number of nitrogens with one attached hydrogen (secondary N) is 2. The van der Waals surface area contributed by atoms with Crippen LogP contribution in [-0.2, 0) is 0 Å². The van der Waals surface area contributed by atoms with Gasteiger partial charge in [-0.3, -0.25) is 0 Å². The van der Waals surface area contributed by atoms with Crippen LogP contribution in [0.25, 0.3) is 0 Å². The Bertz CT molecular complexity index is 170. The molecule has 0 aromatic rings. The van der Waals surface area contributed by atoms with Gasteiger partial charge in [0, 0.05) is 35.2 Å². The van der Waals surface area contributed by atoms with Gasteiger partial charge in [-0.15, -0.1) is 0 Å². The van der Waals surface area contributed by atoms with Gasteiger partial charge in [-0.25, -0.2) is 0 Å². The van der Waals surface area contributed by atoms with Crippen molar-refractivity contribution in [3.8, 4) is 0 Å². The van der Waals surface area contributed by atoms with Gasteiger partial charge < -0.3 is 10.6 Å². The van der Waals surface area contributed by atoms with E-state index in [1.165, 1.54) is 0 Å². The molecule has 2 N–H and O–H groups in total. The molecule has 0 rings (SSSR count). The molecule has 0 aliphatic heterocycles. The molecular formula is C11H26N2S2. The van der Waals surface area contributed by atoms with Gasteiger partial charge in [-0.05, 0) is 34.6 Å². The largest absolute Gasteiger partial charge is 0.314 e. The summed E-state index contributed by atoms with van der Waals surface area (Å²) in [7, 11) is 0. The number of rotatable bonds is 7. The second kappa shape index (κ2) is 6.38. The molecule has 0 amide bonds. The standard InChI is InChI=1S/C11H26N2S2/c1-9(13-8-11(4,5)15)6-12-7-10(2,3)14/h9,12-15H,6-8H2,1-5H3. The van der Waals surface area contributed by atoms with Gasteiger partial charge in [0.1, 0.15) is 0 Å². The predicted molar refractivity (Wildman–Crippen MR) is 76.5 cm³/mol. The molecule has 15 heavy (non-hydrogen) atoms. The lowest BCUT2D eigenvalue weighted by Gasteiger charge is -2.24. The molecule has 92 valence electrons. The van der Waals surface area contributed by atoms with Crippen molar-refractivity contribution in [1.82, 2.24) is 10.6 Å². The fourth-order valence-electron chi connectivity index (χ4n) is 1.09. The van der Waals surface area contributed by atoms with Gasteiger partial charge in [-0.1, -0.05) is 0 Å². The average molecular weight is 250 g/mol. The minimum atomic E-state index is 0.0527. The van der Waals surface area contributed by atoms with Crippen molar-refractivity contribution in [3.05, 3.63) is 0 Å². The highest BCUT2D eigenvalue weighted by Gasteiger charge is 2.14. The first-order valence-electron chi connectivity index (χ1n) is 5.49. The van der Waals surface area contributed by atoms with Gasteiger partial charge >= 0.3 is 0 Å². The van der Waals surface area contributed by atoms with E-state index in [2.05, 4.69) is 70.5 Å². The van der Waals surface area contributed by atoms with Crippen molar-refractivity contribution < 1.29 is 0 Å². The van der Waals surface area contributed by atoms with Crippen LogP contribution in [0.4, 0.5) is 0 Å². The second-order valence-corrected chi connectivity index (χ2v) is 7.96. The van der Waals surface area contributed by atoms with Gasteiger partial charge in [-0.2, -0.15) is 25.3 Å². The van der Waals surface area contributed by atoms with E-state index in [1.54, 1.807) is 0 Å². The first-order chi connectivity index (χ1) is 6.60. The van der Waals surface area contributed by atoms with Gasteiger partial charge in [0.2, 0.25) is 0 Å². The third kappa shape index (κ3) is 12.6. The van der Waals surface area contributed by atoms with Crippen molar-refractivity contribution in [2.45, 2.75) is 50.2 Å². The van der Waals surface area contributed by atoms with Crippen molar-refractivity contribution in [3.63, 3.8) is 0 Å². The Kier molecular flexibility index (Phi) is 6.64. The Morgan fingerprint density at radius 3 is 1.87 bits per heavy atom. The molecule has 0 aromatic carbocycles. The summed E-state index contributed by atoms with van der Waals surface area (Å²) in [6.07, 6.45) is 0. The van der Waals surface area contributed by atoms with Gasteiger partial charge in [0.15, 0.2) is 0 Å². The topological polar surface area (TPSA) is 24.1 Å². The predicted octanol–water partition coefficient (Wildman–Crippen LogP) is 1.97. The van der Waals surface area contributed by atoms with Crippen LogP contribution in [0.15, 0.2) is 0 Å². The molecule has 0 spiro atoms. The van der Waals surface area contributed by atoms with E-state index in [-0.39, 0.29) is 9.49 Å². The minimum Gasteiger partial charge on any atom is -0.314 e. The van der Waals surface area contributed by atoms with E-state index in [0.29, 0.717) is 6.04 Å². The van der Waals surface area contributed by atoms with E-state index in [1.807, 2.05) is 0 Å². The minimum absolute atomic E-state index is 0.0527. The highest BCUT2D eigenvalue weighted by Crippen LogP contribution is 2.10. The maximum Gasteiger partial charge on any atom is 0.0198 e. The van der Waals surface area contributed by atoms with Crippen molar-refractivity contribution in [2.24, 2.45) is 0 Å². The summed E-state index contributed by atoms with van der Waals surface area (Å²) in [5, 5.41) is 6.84. The Hall–Kier alpha value is 0.620. The van der Waals surface area contributed by atoms with Crippen LogP contribution in [0.3, 0.4) is 0 Å². The zero-order chi connectivity index (χ0) is 12.1. The molecule has 1 unspecified atom stereocenters. The maximum atomic E-state index is 4.47. The normalized spacial score (nSPS) is 15.4. The zero-order valence-electron chi connectivity index (χ0n) is 10.6. The van der Waals surface area contributed by atoms with Gasteiger partial charge in [0.25, 0.3) is 0 Å². The fourth-order valence-corrected chi connectivity index (χ4v) is 1.29. The quantitative estimate of drug-likeness (QED) is 0.519. The number of hydrogen-bond acceptors (Lipinski definition) is 4. The molecule has 0 saturated carbocycles. The molecule has 0 aliphatic rings. The smallest absolute Gasteiger partial charge is 0.0198 e. The monoisotopic (exact) mass is 250 g/mol. The molecular weight excluding hydrogens is 224 g/mol. The maximum absolute atomic E-state index is 4.47. The highest BCUT2D eigenvalue weighted by atomic mass is 32.1. The van der Waals surface area contributed by atoms with E-state index >= 15 is 0 Å². The molecule has 0 aromatic heterocycles. The number of hydrogen-bond donors (Lipinski definition) is 4. The summed E-state index contributed by atoms with van der Waals surface area (Å²) in [5.41, 5.74) is 0. The van der Waals surface area contributed by atoms with Crippen molar-refractivity contribution in [1.29, 1.82) is 0 Å². The summed E-state index contributed by atoms with van der Waals surface area (Å²) >= 11 is 8.93. The highest BCUT2D eigenvalue weighted by molar-refractivity contribution is 7.82. The average Bonchev–Trinajstić information content (AvgIpc) is 1.97. The lowest BCUT2D eigenvalue weighted by atomic mass is 10.2. The van der Waals surface area contributed by atoms with Crippen LogP contribution >= 0.6 is 25.3 Å². The molecule has 0 saturated heterocycles. The van der Waals surface area contributed by atoms with Crippen LogP contribution in [0.5, 0.6) is 0 Å². The van der Waals surface area contributed by atoms with E-state index in [4.69, 9.17) is 0 Å². The first-order valence-corrected chi connectivity index (χ1v) is 6.38. The molecule has 1 atom stereocenters. The Morgan fingerprint density at radius 1 is 1.00 bits per heavy atom. The molecule has 4 heteroatoms. The molecule has 0 fully saturated rings. The molecule has 0 radical (unpaired) electrons. The second-order valence-electron chi connectivity index (χ2n) is 5.54. The molecule has 0 aliphatic carbocycles. The molecule has 0 heterocycles. The third-order valence-electron chi connectivity index (χ3n) is 1.89. The van der Waals surface area contributed by atoms with Gasteiger partial charge in [0.05, 0.1) is 0 Å². The zero-order valence-corrected chi connectivity index (χ0v) is 12.4. The Labute approximate surface area is 106 Å². The summed E-state index contributed by atoms with van der Waals surface area (Å²) < 4.78 is 0.111. The lowest BCUT2D eigenvalue weighted by molar-refractivity contribution is 0.466. The van der Waals surface area contributed by atoms with Crippen LogP contribution in [0.2, 0.25) is 0 Å². The lowest BCUT2D eigenvalue weighted by Crippen LogP contribution is -2.43. The van der Waals surface area contributed by atoms with E-state index < -0.39 is 0 Å².